The molecule has 0 bridgehead atoms. The van der Waals surface area contributed by atoms with E-state index in [2.05, 4.69) is 39.2 Å². The van der Waals surface area contributed by atoms with Crippen LogP contribution < -0.4 is 0 Å². The number of carbonyl (C=O) groups excluding carboxylic acids is 1. The highest BCUT2D eigenvalue weighted by molar-refractivity contribution is 5.69. The average Bonchev–Trinajstić information content (AvgIpc) is 3.16. The second-order valence-electron chi connectivity index (χ2n) is 16.9. The fraction of sp³-hybridized carbons (Fsp3) is 0.939. The first kappa shape index (κ1) is 52.9. The van der Waals surface area contributed by atoms with Crippen molar-refractivity contribution in [3.63, 3.8) is 0 Å². The van der Waals surface area contributed by atoms with E-state index in [-0.39, 0.29) is 18.7 Å². The molecule has 1 N–H and O–H groups in total. The highest BCUT2D eigenvalue weighted by Gasteiger charge is 2.15. The molecule has 0 aliphatic carbocycles. The molecule has 0 saturated carbocycles. The van der Waals surface area contributed by atoms with E-state index in [1.165, 1.54) is 186 Å². The van der Waals surface area contributed by atoms with E-state index in [4.69, 9.17) is 9.47 Å². The Balaban J connectivity index is 4.06. The first-order valence-electron chi connectivity index (χ1n) is 24.3. The summed E-state index contributed by atoms with van der Waals surface area (Å²) in [5.74, 6) is 1.83. The maximum Gasteiger partial charge on any atom is 0.306 e. The van der Waals surface area contributed by atoms with Gasteiger partial charge in [-0.05, 0) is 76.8 Å². The summed E-state index contributed by atoms with van der Waals surface area (Å²) in [4.78, 5) is 15.2. The Morgan fingerprint density at radius 1 is 0.500 bits per heavy atom. The number of aliphatic hydroxyl groups is 1. The Kier molecular flexibility index (Phi) is 42.2. The van der Waals surface area contributed by atoms with Crippen molar-refractivity contribution in [1.29, 1.82) is 0 Å². The van der Waals surface area contributed by atoms with Crippen LogP contribution in [0.15, 0.2) is 12.3 Å². The predicted molar refractivity (Wildman–Crippen MR) is 236 cm³/mol. The van der Waals surface area contributed by atoms with Crippen molar-refractivity contribution < 1.29 is 19.4 Å². The van der Waals surface area contributed by atoms with Crippen LogP contribution in [0.2, 0.25) is 0 Å². The third kappa shape index (κ3) is 37.8. The van der Waals surface area contributed by atoms with Crippen molar-refractivity contribution in [2.75, 3.05) is 32.8 Å². The summed E-state index contributed by atoms with van der Waals surface area (Å²) in [6.45, 7) is 17.3. The number of aliphatic hydroxyl groups excluding tert-OH is 1. The van der Waals surface area contributed by atoms with Gasteiger partial charge in [0.25, 0.3) is 0 Å². The van der Waals surface area contributed by atoms with E-state index in [1.807, 2.05) is 0 Å². The van der Waals surface area contributed by atoms with E-state index in [9.17, 15) is 9.90 Å². The Morgan fingerprint density at radius 3 is 1.41 bits per heavy atom. The van der Waals surface area contributed by atoms with Gasteiger partial charge in [-0.2, -0.15) is 0 Å². The van der Waals surface area contributed by atoms with Gasteiger partial charge in [0.15, 0.2) is 0 Å². The van der Waals surface area contributed by atoms with Crippen LogP contribution in [-0.4, -0.2) is 54.9 Å². The van der Waals surface area contributed by atoms with E-state index in [1.54, 1.807) is 0 Å². The number of rotatable bonds is 45. The van der Waals surface area contributed by atoms with Crippen LogP contribution in [0, 0.1) is 5.92 Å². The minimum Gasteiger partial charge on any atom is -0.499 e. The number of ether oxygens (including phenoxy) is 2. The van der Waals surface area contributed by atoms with Crippen LogP contribution in [0.25, 0.3) is 0 Å². The van der Waals surface area contributed by atoms with Gasteiger partial charge in [0.2, 0.25) is 0 Å². The molecule has 0 fully saturated rings. The van der Waals surface area contributed by atoms with Crippen molar-refractivity contribution in [2.45, 2.75) is 259 Å². The second kappa shape index (κ2) is 43.1. The highest BCUT2D eigenvalue weighted by Crippen LogP contribution is 2.22. The molecule has 322 valence electrons. The SMILES string of the molecule is C=C(CCCCCCCN(CCO)CCCCCCCC(=O)OC(CCCCCCCC)CCCCCCCC)OCCC(CCCCC)CCCCC. The molecule has 5 nitrogen and oxygen atoms in total. The minimum absolute atomic E-state index is 0.0269. The van der Waals surface area contributed by atoms with Crippen molar-refractivity contribution in [2.24, 2.45) is 5.92 Å². The van der Waals surface area contributed by atoms with Gasteiger partial charge < -0.3 is 19.5 Å². The van der Waals surface area contributed by atoms with Crippen LogP contribution >= 0.6 is 0 Å². The smallest absolute Gasteiger partial charge is 0.306 e. The first-order chi connectivity index (χ1) is 26.5. The van der Waals surface area contributed by atoms with Crippen LogP contribution in [0.1, 0.15) is 252 Å². The summed E-state index contributed by atoms with van der Waals surface area (Å²) in [5.41, 5.74) is 0. The zero-order valence-electron chi connectivity index (χ0n) is 37.3. The number of hydrogen-bond acceptors (Lipinski definition) is 5. The van der Waals surface area contributed by atoms with E-state index in [0.717, 1.165) is 70.0 Å². The third-order valence-corrected chi connectivity index (χ3v) is 11.5. The van der Waals surface area contributed by atoms with Gasteiger partial charge in [-0.1, -0.05) is 188 Å². The second-order valence-corrected chi connectivity index (χ2v) is 16.9. The summed E-state index contributed by atoms with van der Waals surface area (Å²) in [7, 11) is 0. The highest BCUT2D eigenvalue weighted by atomic mass is 16.5. The van der Waals surface area contributed by atoms with Gasteiger partial charge in [-0.15, -0.1) is 0 Å². The lowest BCUT2D eigenvalue weighted by Gasteiger charge is -2.21. The lowest BCUT2D eigenvalue weighted by Crippen LogP contribution is -2.29. The maximum absolute atomic E-state index is 12.7. The molecule has 0 unspecified atom stereocenters. The molecule has 0 atom stereocenters. The molecule has 0 rings (SSSR count). The average molecular weight is 764 g/mol. The van der Waals surface area contributed by atoms with Gasteiger partial charge in [0, 0.05) is 19.4 Å². The molecule has 0 radical (unpaired) electrons. The monoisotopic (exact) mass is 764 g/mol. The zero-order chi connectivity index (χ0) is 39.6. The van der Waals surface area contributed by atoms with E-state index >= 15 is 0 Å². The lowest BCUT2D eigenvalue weighted by atomic mass is 9.92. The van der Waals surface area contributed by atoms with Crippen LogP contribution in [0.4, 0.5) is 0 Å². The normalized spacial score (nSPS) is 11.7. The number of carbonyl (C=O) groups is 1. The topological polar surface area (TPSA) is 59.0 Å². The summed E-state index contributed by atoms with van der Waals surface area (Å²) in [5, 5.41) is 9.61. The molecule has 0 aliphatic rings. The van der Waals surface area contributed by atoms with Crippen molar-refractivity contribution in [1.82, 2.24) is 4.90 Å². The van der Waals surface area contributed by atoms with Gasteiger partial charge in [-0.3, -0.25) is 4.79 Å². The standard InChI is InChI=1S/C49H97NO4/c1-6-10-14-16-21-29-37-48(38-30-22-17-15-11-7-2)54-49(52)39-31-23-19-25-33-42-50(43-44-51)41-32-24-18-20-28-34-46(5)53-45-40-47(35-26-12-8-3)36-27-13-9-4/h47-48,51H,5-45H2,1-4H3. The number of hydrogen-bond donors (Lipinski definition) is 1. The largest absolute Gasteiger partial charge is 0.499 e. The van der Waals surface area contributed by atoms with E-state index in [0.29, 0.717) is 6.42 Å². The van der Waals surface area contributed by atoms with Gasteiger partial charge in [0.1, 0.15) is 6.10 Å². The Labute approximate surface area is 339 Å². The fourth-order valence-electron chi connectivity index (χ4n) is 7.85. The van der Waals surface area contributed by atoms with Crippen molar-refractivity contribution >= 4 is 5.97 Å². The Morgan fingerprint density at radius 2 is 0.907 bits per heavy atom. The molecular weight excluding hydrogens is 667 g/mol. The maximum atomic E-state index is 12.7. The number of unbranched alkanes of at least 4 members (excludes halogenated alkanes) is 22. The van der Waals surface area contributed by atoms with Crippen molar-refractivity contribution in [3.05, 3.63) is 12.3 Å². The molecule has 0 aromatic rings. The van der Waals surface area contributed by atoms with Crippen molar-refractivity contribution in [3.8, 4) is 0 Å². The molecule has 0 spiro atoms. The molecular formula is C49H97NO4. The number of esters is 1. The van der Waals surface area contributed by atoms with Gasteiger partial charge >= 0.3 is 5.97 Å². The molecule has 0 saturated heterocycles. The fourth-order valence-corrected chi connectivity index (χ4v) is 7.85. The molecule has 0 amide bonds. The van der Waals surface area contributed by atoms with Crippen LogP contribution in [-0.2, 0) is 14.3 Å². The van der Waals surface area contributed by atoms with E-state index < -0.39 is 0 Å². The quantitative estimate of drug-likeness (QED) is 0.0380. The molecule has 54 heavy (non-hydrogen) atoms. The number of allylic oxidation sites excluding steroid dienone is 1. The lowest BCUT2D eigenvalue weighted by molar-refractivity contribution is -0.150. The zero-order valence-corrected chi connectivity index (χ0v) is 37.3. The van der Waals surface area contributed by atoms with Gasteiger partial charge in [0.05, 0.1) is 19.0 Å². The Bertz CT molecular complexity index is 747. The summed E-state index contributed by atoms with van der Waals surface area (Å²) in [6, 6.07) is 0. The predicted octanol–water partition coefficient (Wildman–Crippen LogP) is 15.1. The molecule has 0 aromatic heterocycles. The third-order valence-electron chi connectivity index (χ3n) is 11.5. The molecule has 5 heteroatoms. The summed E-state index contributed by atoms with van der Waals surface area (Å²) >= 11 is 0. The van der Waals surface area contributed by atoms with Crippen LogP contribution in [0.5, 0.6) is 0 Å². The van der Waals surface area contributed by atoms with Crippen LogP contribution in [0.3, 0.4) is 0 Å². The molecule has 0 aliphatic heterocycles. The Hall–Kier alpha value is -1.07. The van der Waals surface area contributed by atoms with Gasteiger partial charge in [-0.25, -0.2) is 0 Å². The summed E-state index contributed by atoms with van der Waals surface area (Å²) < 4.78 is 12.1. The minimum atomic E-state index is 0.0269. The number of nitrogens with zero attached hydrogens (tertiary/aromatic N) is 1. The summed E-state index contributed by atoms with van der Waals surface area (Å²) in [6.07, 6.45) is 42.9. The molecule has 0 aromatic carbocycles. The molecule has 0 heterocycles. The first-order valence-corrected chi connectivity index (χ1v) is 24.3.